The summed E-state index contributed by atoms with van der Waals surface area (Å²) in [7, 11) is -3.58. The topological polar surface area (TPSA) is 58.2 Å². The van der Waals surface area contributed by atoms with Crippen LogP contribution in [0.15, 0.2) is 23.1 Å². The molecule has 1 rings (SSSR count). The van der Waals surface area contributed by atoms with Gasteiger partial charge in [0.2, 0.25) is 10.0 Å². The lowest BCUT2D eigenvalue weighted by molar-refractivity contribution is 0.575. The zero-order valence-electron chi connectivity index (χ0n) is 10.0. The van der Waals surface area contributed by atoms with Crippen LogP contribution in [0.2, 0.25) is 10.0 Å². The molecule has 0 saturated heterocycles. The molecule has 0 fully saturated rings. The van der Waals surface area contributed by atoms with Gasteiger partial charge >= 0.3 is 0 Å². The van der Waals surface area contributed by atoms with Gasteiger partial charge in [-0.05, 0) is 31.2 Å². The van der Waals surface area contributed by atoms with Crippen molar-refractivity contribution in [3.05, 3.63) is 28.2 Å². The van der Waals surface area contributed by atoms with Crippen LogP contribution in [-0.4, -0.2) is 28.1 Å². The quantitative estimate of drug-likeness (QED) is 0.760. The van der Waals surface area contributed by atoms with Crippen LogP contribution < -0.4 is 10.0 Å². The van der Waals surface area contributed by atoms with E-state index in [1.54, 1.807) is 0 Å². The fraction of sp³-hybridized carbons (Fsp3) is 0.455. The summed E-state index contributed by atoms with van der Waals surface area (Å²) in [6, 6.07) is 4.30. The van der Waals surface area contributed by atoms with E-state index in [-0.39, 0.29) is 9.92 Å². The summed E-state index contributed by atoms with van der Waals surface area (Å²) in [5.74, 6) is 0. The minimum absolute atomic E-state index is 0.0454. The first kappa shape index (κ1) is 15.7. The molecule has 0 unspecified atom stereocenters. The van der Waals surface area contributed by atoms with E-state index in [1.807, 2.05) is 6.92 Å². The number of hydrogen-bond acceptors (Lipinski definition) is 3. The summed E-state index contributed by atoms with van der Waals surface area (Å²) in [5, 5.41) is 3.63. The van der Waals surface area contributed by atoms with Crippen LogP contribution >= 0.6 is 23.2 Å². The van der Waals surface area contributed by atoms with Gasteiger partial charge in [-0.15, -0.1) is 0 Å². The molecule has 0 aliphatic carbocycles. The molecule has 18 heavy (non-hydrogen) atoms. The predicted octanol–water partition coefficient (Wildman–Crippen LogP) is 2.27. The number of nitrogens with one attached hydrogen (secondary N) is 2. The summed E-state index contributed by atoms with van der Waals surface area (Å²) < 4.78 is 26.3. The zero-order valence-corrected chi connectivity index (χ0v) is 12.4. The summed E-state index contributed by atoms with van der Waals surface area (Å²) in [4.78, 5) is 0.0454. The van der Waals surface area contributed by atoms with Crippen molar-refractivity contribution in [3.8, 4) is 0 Å². The monoisotopic (exact) mass is 310 g/mol. The highest BCUT2D eigenvalue weighted by Gasteiger charge is 2.17. The number of sulfonamides is 1. The fourth-order valence-corrected chi connectivity index (χ4v) is 3.15. The molecule has 4 nitrogen and oxygen atoms in total. The van der Waals surface area contributed by atoms with E-state index in [1.165, 1.54) is 18.2 Å². The molecule has 0 spiro atoms. The third kappa shape index (κ3) is 4.74. The van der Waals surface area contributed by atoms with Gasteiger partial charge in [0.15, 0.2) is 0 Å². The second kappa shape index (κ2) is 7.31. The molecular weight excluding hydrogens is 295 g/mol. The molecule has 102 valence electrons. The Hall–Kier alpha value is -0.330. The van der Waals surface area contributed by atoms with Crippen molar-refractivity contribution < 1.29 is 8.42 Å². The maximum absolute atomic E-state index is 11.9. The maximum atomic E-state index is 11.9. The van der Waals surface area contributed by atoms with Crippen LogP contribution in [0.5, 0.6) is 0 Å². The summed E-state index contributed by atoms with van der Waals surface area (Å²) >= 11 is 11.6. The Bertz CT molecular complexity index is 492. The normalized spacial score (nSPS) is 11.7. The summed E-state index contributed by atoms with van der Waals surface area (Å²) in [6.45, 7) is 3.81. The van der Waals surface area contributed by atoms with Gasteiger partial charge in [-0.2, -0.15) is 0 Å². The van der Waals surface area contributed by atoms with Crippen molar-refractivity contribution >= 4 is 33.2 Å². The Morgan fingerprint density at radius 1 is 1.17 bits per heavy atom. The van der Waals surface area contributed by atoms with Crippen LogP contribution in [-0.2, 0) is 10.0 Å². The molecule has 0 heterocycles. The van der Waals surface area contributed by atoms with Crippen molar-refractivity contribution in [2.24, 2.45) is 0 Å². The molecule has 1 aromatic rings. The Kier molecular flexibility index (Phi) is 6.38. The average molecular weight is 311 g/mol. The molecule has 2 N–H and O–H groups in total. The zero-order chi connectivity index (χ0) is 13.6. The van der Waals surface area contributed by atoms with E-state index in [2.05, 4.69) is 10.0 Å². The SMILES string of the molecule is CCCNCCNS(=O)(=O)c1ccc(Cl)cc1Cl. The molecule has 0 radical (unpaired) electrons. The Morgan fingerprint density at radius 3 is 2.50 bits per heavy atom. The highest BCUT2D eigenvalue weighted by atomic mass is 35.5. The Balaban J connectivity index is 2.63. The van der Waals surface area contributed by atoms with Gasteiger partial charge in [0, 0.05) is 18.1 Å². The molecule has 1 aromatic carbocycles. The number of hydrogen-bond donors (Lipinski definition) is 2. The largest absolute Gasteiger partial charge is 0.315 e. The van der Waals surface area contributed by atoms with Crippen LogP contribution in [0.25, 0.3) is 0 Å². The Labute approximate surface area is 118 Å². The number of benzene rings is 1. The molecule has 0 saturated carbocycles. The third-order valence-corrected chi connectivity index (χ3v) is 4.38. The van der Waals surface area contributed by atoms with E-state index in [9.17, 15) is 8.42 Å². The second-order valence-corrected chi connectivity index (χ2v) is 6.30. The van der Waals surface area contributed by atoms with Crippen LogP contribution in [0, 0.1) is 0 Å². The van der Waals surface area contributed by atoms with Gasteiger partial charge in [-0.1, -0.05) is 30.1 Å². The number of rotatable bonds is 7. The van der Waals surface area contributed by atoms with Gasteiger partial charge in [0.05, 0.1) is 5.02 Å². The van der Waals surface area contributed by atoms with Crippen molar-refractivity contribution in [3.63, 3.8) is 0 Å². The second-order valence-electron chi connectivity index (χ2n) is 3.72. The molecule has 0 aromatic heterocycles. The predicted molar refractivity (Wildman–Crippen MR) is 74.8 cm³/mol. The molecule has 0 atom stereocenters. The van der Waals surface area contributed by atoms with E-state index in [0.29, 0.717) is 18.1 Å². The maximum Gasteiger partial charge on any atom is 0.242 e. The fourth-order valence-electron chi connectivity index (χ4n) is 1.35. The summed E-state index contributed by atoms with van der Waals surface area (Å²) in [6.07, 6.45) is 1.01. The standard InChI is InChI=1S/C11H16Cl2N2O2S/c1-2-5-14-6-7-15-18(16,17)11-4-3-9(12)8-10(11)13/h3-4,8,14-15H,2,5-7H2,1H3. The van der Waals surface area contributed by atoms with Crippen LogP contribution in [0.1, 0.15) is 13.3 Å². The van der Waals surface area contributed by atoms with Gasteiger partial charge in [-0.3, -0.25) is 0 Å². The lowest BCUT2D eigenvalue weighted by atomic mass is 10.4. The first-order valence-corrected chi connectivity index (χ1v) is 7.86. The first-order chi connectivity index (χ1) is 8.47. The van der Waals surface area contributed by atoms with Crippen molar-refractivity contribution in [1.82, 2.24) is 10.0 Å². The number of halogens is 2. The lowest BCUT2D eigenvalue weighted by Crippen LogP contribution is -2.32. The highest BCUT2D eigenvalue weighted by Crippen LogP contribution is 2.24. The van der Waals surface area contributed by atoms with Gasteiger partial charge in [-0.25, -0.2) is 13.1 Å². The van der Waals surface area contributed by atoms with E-state index in [0.717, 1.165) is 13.0 Å². The van der Waals surface area contributed by atoms with Crippen molar-refractivity contribution in [1.29, 1.82) is 0 Å². The average Bonchev–Trinajstić information content (AvgIpc) is 2.28. The van der Waals surface area contributed by atoms with Crippen LogP contribution in [0.4, 0.5) is 0 Å². The van der Waals surface area contributed by atoms with E-state index < -0.39 is 10.0 Å². The highest BCUT2D eigenvalue weighted by molar-refractivity contribution is 7.89. The van der Waals surface area contributed by atoms with Gasteiger partial charge in [0.25, 0.3) is 0 Å². The van der Waals surface area contributed by atoms with Gasteiger partial charge in [0.1, 0.15) is 4.90 Å². The molecule has 0 bridgehead atoms. The van der Waals surface area contributed by atoms with Crippen molar-refractivity contribution in [2.45, 2.75) is 18.2 Å². The molecular formula is C11H16Cl2N2O2S. The minimum atomic E-state index is -3.58. The Morgan fingerprint density at radius 2 is 1.89 bits per heavy atom. The molecule has 0 amide bonds. The minimum Gasteiger partial charge on any atom is -0.315 e. The van der Waals surface area contributed by atoms with E-state index >= 15 is 0 Å². The molecule has 0 aliphatic rings. The third-order valence-electron chi connectivity index (χ3n) is 2.20. The molecule has 0 aliphatic heterocycles. The van der Waals surface area contributed by atoms with Gasteiger partial charge < -0.3 is 5.32 Å². The smallest absolute Gasteiger partial charge is 0.242 e. The van der Waals surface area contributed by atoms with E-state index in [4.69, 9.17) is 23.2 Å². The van der Waals surface area contributed by atoms with Crippen molar-refractivity contribution in [2.75, 3.05) is 19.6 Å². The first-order valence-electron chi connectivity index (χ1n) is 5.63. The lowest BCUT2D eigenvalue weighted by Gasteiger charge is -2.09. The van der Waals surface area contributed by atoms with Crippen LogP contribution in [0.3, 0.4) is 0 Å². The molecule has 7 heteroatoms. The summed E-state index contributed by atoms with van der Waals surface area (Å²) in [5.41, 5.74) is 0.